The minimum atomic E-state index is -0.374. The minimum absolute atomic E-state index is 0.0239. The fourth-order valence-electron chi connectivity index (χ4n) is 4.06. The fraction of sp³-hybridized carbons (Fsp3) is 0.360. The van der Waals surface area contributed by atoms with E-state index in [0.717, 1.165) is 46.7 Å². The first-order chi connectivity index (χ1) is 17.3. The Hall–Kier alpha value is -4.12. The zero-order valence-corrected chi connectivity index (χ0v) is 20.7. The van der Waals surface area contributed by atoms with Gasteiger partial charge in [0.25, 0.3) is 0 Å². The van der Waals surface area contributed by atoms with E-state index in [-0.39, 0.29) is 23.3 Å². The molecular weight excluding hydrogens is 458 g/mol. The number of aromatic amines is 1. The van der Waals surface area contributed by atoms with Gasteiger partial charge in [0.05, 0.1) is 23.1 Å². The third-order valence-corrected chi connectivity index (χ3v) is 6.04. The molecule has 1 atom stereocenters. The summed E-state index contributed by atoms with van der Waals surface area (Å²) < 4.78 is 5.63. The largest absolute Gasteiger partial charge is 0.416 e. The highest BCUT2D eigenvalue weighted by Crippen LogP contribution is 2.29. The van der Waals surface area contributed by atoms with E-state index in [1.807, 2.05) is 45.9 Å². The van der Waals surface area contributed by atoms with Crippen molar-refractivity contribution in [2.45, 2.75) is 52.1 Å². The molecule has 0 saturated heterocycles. The number of carbonyl (C=O) groups excluding carboxylic acids is 1. The van der Waals surface area contributed by atoms with Gasteiger partial charge in [0.2, 0.25) is 11.8 Å². The number of hydrogen-bond donors (Lipinski definition) is 4. The molecule has 1 aliphatic heterocycles. The molecule has 1 aromatic carbocycles. The lowest BCUT2D eigenvalue weighted by molar-refractivity contribution is 0.0896. The van der Waals surface area contributed by atoms with Gasteiger partial charge in [-0.1, -0.05) is 32.9 Å². The molecule has 3 aromatic heterocycles. The second-order valence-electron chi connectivity index (χ2n) is 9.84. The molecule has 1 aliphatic rings. The van der Waals surface area contributed by atoms with Crippen LogP contribution in [0.15, 0.2) is 41.1 Å². The standard InChI is InChI=1S/C25H29N9O2/c1-14-20(13-28-32-14)31-24-27-10-8-18(30-24)15-5-6-17-16(11-15)12-26-9-7-19(17)29-21(35)22-33-34-23(36-22)25(2,3)4/h5-6,8,10-11,13,19,26H,7,9,12H2,1-4H3,(H,28,32)(H,29,35)(H,27,30,31)/t19-/m0/s1. The normalized spacial score (nSPS) is 15.7. The van der Waals surface area contributed by atoms with E-state index < -0.39 is 0 Å². The Balaban J connectivity index is 1.37. The molecule has 4 N–H and O–H groups in total. The number of amides is 1. The van der Waals surface area contributed by atoms with Crippen LogP contribution in [0.3, 0.4) is 0 Å². The molecule has 5 rings (SSSR count). The molecule has 4 heterocycles. The SMILES string of the molecule is Cc1n[nH]cc1Nc1nccc(-c2ccc3c(c2)CNCC[C@@H]3NC(=O)c2nnc(C(C)(C)C)o2)n1. The summed E-state index contributed by atoms with van der Waals surface area (Å²) in [6.45, 7) is 9.23. The van der Waals surface area contributed by atoms with Gasteiger partial charge < -0.3 is 20.4 Å². The Morgan fingerprint density at radius 1 is 1.19 bits per heavy atom. The predicted octanol–water partition coefficient (Wildman–Crippen LogP) is 3.56. The molecule has 0 unspecified atom stereocenters. The summed E-state index contributed by atoms with van der Waals surface area (Å²) in [5.74, 6) is 0.524. The number of aryl methyl sites for hydroxylation is 1. The van der Waals surface area contributed by atoms with Crippen molar-refractivity contribution in [3.63, 3.8) is 0 Å². The molecule has 36 heavy (non-hydrogen) atoms. The Labute approximate surface area is 208 Å². The van der Waals surface area contributed by atoms with Gasteiger partial charge in [-0.15, -0.1) is 10.2 Å². The molecule has 0 aliphatic carbocycles. The zero-order valence-electron chi connectivity index (χ0n) is 20.7. The number of nitrogens with one attached hydrogen (secondary N) is 4. The summed E-state index contributed by atoms with van der Waals surface area (Å²) >= 11 is 0. The van der Waals surface area contributed by atoms with Gasteiger partial charge in [-0.2, -0.15) is 5.10 Å². The maximum atomic E-state index is 12.9. The molecule has 186 valence electrons. The van der Waals surface area contributed by atoms with Crippen LogP contribution in [0.1, 0.15) is 66.6 Å². The Morgan fingerprint density at radius 3 is 2.81 bits per heavy atom. The van der Waals surface area contributed by atoms with Gasteiger partial charge >= 0.3 is 11.8 Å². The summed E-state index contributed by atoms with van der Waals surface area (Å²) in [6, 6.07) is 7.86. The lowest BCUT2D eigenvalue weighted by Gasteiger charge is -2.19. The van der Waals surface area contributed by atoms with Gasteiger partial charge in [-0.05, 0) is 43.1 Å². The van der Waals surface area contributed by atoms with Crippen molar-refractivity contribution in [2.75, 3.05) is 11.9 Å². The monoisotopic (exact) mass is 487 g/mol. The zero-order chi connectivity index (χ0) is 25.3. The number of hydrogen-bond acceptors (Lipinski definition) is 9. The molecule has 0 radical (unpaired) electrons. The number of H-pyrrole nitrogens is 1. The maximum absolute atomic E-state index is 12.9. The summed E-state index contributed by atoms with van der Waals surface area (Å²) in [5.41, 5.74) is 5.24. The van der Waals surface area contributed by atoms with Crippen LogP contribution in [0.2, 0.25) is 0 Å². The van der Waals surface area contributed by atoms with E-state index in [4.69, 9.17) is 4.42 Å². The number of carbonyl (C=O) groups is 1. The van der Waals surface area contributed by atoms with Crippen LogP contribution < -0.4 is 16.0 Å². The van der Waals surface area contributed by atoms with Gasteiger partial charge in [0.1, 0.15) is 0 Å². The summed E-state index contributed by atoms with van der Waals surface area (Å²) in [6.07, 6.45) is 4.24. The summed E-state index contributed by atoms with van der Waals surface area (Å²) in [7, 11) is 0. The average Bonchev–Trinajstić information content (AvgIpc) is 3.46. The summed E-state index contributed by atoms with van der Waals surface area (Å²) in [5, 5.41) is 24.6. The van der Waals surface area contributed by atoms with Crippen molar-refractivity contribution in [1.82, 2.24) is 41.0 Å². The van der Waals surface area contributed by atoms with Crippen LogP contribution in [0.25, 0.3) is 11.3 Å². The molecular formula is C25H29N9O2. The maximum Gasteiger partial charge on any atom is 0.309 e. The van der Waals surface area contributed by atoms with Crippen molar-refractivity contribution >= 4 is 17.5 Å². The first-order valence-electron chi connectivity index (χ1n) is 11.9. The Morgan fingerprint density at radius 2 is 2.06 bits per heavy atom. The first kappa shape index (κ1) is 23.6. The number of benzene rings is 1. The fourth-order valence-corrected chi connectivity index (χ4v) is 4.06. The molecule has 11 nitrogen and oxygen atoms in total. The van der Waals surface area contributed by atoms with Crippen LogP contribution in [0.4, 0.5) is 11.6 Å². The van der Waals surface area contributed by atoms with E-state index in [1.54, 1.807) is 12.4 Å². The van der Waals surface area contributed by atoms with Gasteiger partial charge in [-0.25, -0.2) is 9.97 Å². The van der Waals surface area contributed by atoms with Crippen LogP contribution in [0.5, 0.6) is 0 Å². The highest BCUT2D eigenvalue weighted by Gasteiger charge is 2.27. The average molecular weight is 488 g/mol. The molecule has 4 aromatic rings. The number of fused-ring (bicyclic) bond motifs is 1. The summed E-state index contributed by atoms with van der Waals surface area (Å²) in [4.78, 5) is 21.9. The number of nitrogens with zero attached hydrogens (tertiary/aromatic N) is 5. The van der Waals surface area contributed by atoms with E-state index in [0.29, 0.717) is 18.4 Å². The van der Waals surface area contributed by atoms with E-state index in [9.17, 15) is 4.79 Å². The van der Waals surface area contributed by atoms with Crippen molar-refractivity contribution in [2.24, 2.45) is 0 Å². The Bertz CT molecular complexity index is 1390. The van der Waals surface area contributed by atoms with E-state index in [1.165, 1.54) is 0 Å². The Kier molecular flexibility index (Phi) is 6.23. The highest BCUT2D eigenvalue weighted by atomic mass is 16.4. The molecule has 0 spiro atoms. The van der Waals surface area contributed by atoms with Crippen LogP contribution >= 0.6 is 0 Å². The van der Waals surface area contributed by atoms with Gasteiger partial charge in [-0.3, -0.25) is 9.89 Å². The third-order valence-electron chi connectivity index (χ3n) is 6.04. The van der Waals surface area contributed by atoms with Gasteiger partial charge in [0.15, 0.2) is 0 Å². The topological polar surface area (TPSA) is 147 Å². The second-order valence-corrected chi connectivity index (χ2v) is 9.84. The quantitative estimate of drug-likeness (QED) is 0.332. The highest BCUT2D eigenvalue weighted by molar-refractivity contribution is 5.89. The number of aromatic nitrogens is 6. The molecule has 0 bridgehead atoms. The molecule has 0 fully saturated rings. The predicted molar refractivity (Wildman–Crippen MR) is 134 cm³/mol. The van der Waals surface area contributed by atoms with Crippen molar-refractivity contribution in [3.8, 4) is 11.3 Å². The number of rotatable bonds is 5. The molecule has 0 saturated carbocycles. The lowest BCUT2D eigenvalue weighted by atomic mass is 9.96. The van der Waals surface area contributed by atoms with Crippen LogP contribution in [0, 0.1) is 6.92 Å². The third kappa shape index (κ3) is 4.96. The van der Waals surface area contributed by atoms with Crippen LogP contribution in [-0.2, 0) is 12.0 Å². The molecule has 11 heteroatoms. The smallest absolute Gasteiger partial charge is 0.309 e. The first-order valence-corrected chi connectivity index (χ1v) is 11.9. The number of anilines is 2. The lowest BCUT2D eigenvalue weighted by Crippen LogP contribution is -2.30. The van der Waals surface area contributed by atoms with Crippen molar-refractivity contribution in [1.29, 1.82) is 0 Å². The van der Waals surface area contributed by atoms with Gasteiger partial charge in [0, 0.05) is 29.9 Å². The minimum Gasteiger partial charge on any atom is -0.416 e. The van der Waals surface area contributed by atoms with Crippen molar-refractivity contribution < 1.29 is 9.21 Å². The van der Waals surface area contributed by atoms with Crippen molar-refractivity contribution in [3.05, 3.63) is 65.3 Å². The van der Waals surface area contributed by atoms with Crippen LogP contribution in [-0.4, -0.2) is 42.8 Å². The second kappa shape index (κ2) is 9.50. The van der Waals surface area contributed by atoms with E-state index in [2.05, 4.69) is 52.4 Å². The van der Waals surface area contributed by atoms with E-state index >= 15 is 0 Å². The molecule has 1 amide bonds.